The predicted octanol–water partition coefficient (Wildman–Crippen LogP) is 0.285. The van der Waals surface area contributed by atoms with Crippen LogP contribution in [0.3, 0.4) is 0 Å². The lowest BCUT2D eigenvalue weighted by molar-refractivity contribution is 1.18. The minimum absolute atomic E-state index is 0.182. The highest BCUT2D eigenvalue weighted by molar-refractivity contribution is 5.74. The molecule has 0 aromatic carbocycles. The molecule has 0 saturated heterocycles. The summed E-state index contributed by atoms with van der Waals surface area (Å²) in [6.45, 7) is 0. The zero-order valence-corrected chi connectivity index (χ0v) is 7.88. The molecule has 0 aliphatic heterocycles. The summed E-state index contributed by atoms with van der Waals surface area (Å²) in [5.74, 6) is 0.787. The highest BCUT2D eigenvalue weighted by Crippen LogP contribution is 2.22. The molecule has 0 amide bonds. The van der Waals surface area contributed by atoms with Gasteiger partial charge in [0.2, 0.25) is 0 Å². The molecule has 0 saturated carbocycles. The van der Waals surface area contributed by atoms with Gasteiger partial charge in [-0.3, -0.25) is 4.98 Å². The van der Waals surface area contributed by atoms with Gasteiger partial charge in [-0.05, 0) is 12.1 Å². The number of aromatic nitrogens is 3. The van der Waals surface area contributed by atoms with Crippen molar-refractivity contribution in [2.45, 2.75) is 0 Å². The summed E-state index contributed by atoms with van der Waals surface area (Å²) >= 11 is 0. The van der Waals surface area contributed by atoms with Crippen molar-refractivity contribution in [2.75, 3.05) is 17.2 Å². The molecule has 76 valence electrons. The molecule has 0 radical (unpaired) electrons. The molecule has 0 aliphatic rings. The summed E-state index contributed by atoms with van der Waals surface area (Å²) in [6.07, 6.45) is 3.29. The van der Waals surface area contributed by atoms with Crippen LogP contribution >= 0.6 is 0 Å². The molecule has 0 spiro atoms. The fourth-order valence-electron chi connectivity index (χ4n) is 1.13. The second-order valence-corrected chi connectivity index (χ2v) is 2.97. The van der Waals surface area contributed by atoms with E-state index in [9.17, 15) is 0 Å². The van der Waals surface area contributed by atoms with Gasteiger partial charge in [0, 0.05) is 18.0 Å². The Labute approximate surface area is 86.2 Å². The molecule has 2 aromatic heterocycles. The van der Waals surface area contributed by atoms with Crippen molar-refractivity contribution < 1.29 is 0 Å². The average Bonchev–Trinajstić information content (AvgIpc) is 2.26. The van der Waals surface area contributed by atoms with Crippen molar-refractivity contribution >= 4 is 17.3 Å². The number of nitrogens with two attached hydrogens (primary N) is 3. The van der Waals surface area contributed by atoms with Gasteiger partial charge in [0.25, 0.3) is 0 Å². The van der Waals surface area contributed by atoms with Crippen molar-refractivity contribution in [1.29, 1.82) is 0 Å². The molecule has 0 unspecified atom stereocenters. The van der Waals surface area contributed by atoms with Gasteiger partial charge in [-0.15, -0.1) is 0 Å². The third-order valence-corrected chi connectivity index (χ3v) is 1.92. The first-order chi connectivity index (χ1) is 7.18. The largest absolute Gasteiger partial charge is 0.393 e. The normalized spacial score (nSPS) is 10.1. The van der Waals surface area contributed by atoms with E-state index in [0.717, 1.165) is 5.56 Å². The summed E-state index contributed by atoms with van der Waals surface area (Å²) in [5, 5.41) is 0. The van der Waals surface area contributed by atoms with Crippen molar-refractivity contribution in [3.05, 3.63) is 24.5 Å². The Morgan fingerprint density at radius 1 is 1.00 bits per heavy atom. The van der Waals surface area contributed by atoms with E-state index in [1.807, 2.05) is 6.07 Å². The van der Waals surface area contributed by atoms with Gasteiger partial charge in [-0.1, -0.05) is 0 Å². The molecule has 0 atom stereocenters. The molecule has 6 nitrogen and oxygen atoms in total. The maximum atomic E-state index is 5.58. The average molecular weight is 202 g/mol. The number of hydrogen-bond donors (Lipinski definition) is 3. The molecule has 0 aliphatic carbocycles. The molecule has 0 bridgehead atoms. The van der Waals surface area contributed by atoms with E-state index in [0.29, 0.717) is 5.82 Å². The van der Waals surface area contributed by atoms with E-state index >= 15 is 0 Å². The maximum absolute atomic E-state index is 5.58. The molecule has 2 heterocycles. The van der Waals surface area contributed by atoms with E-state index in [-0.39, 0.29) is 17.3 Å². The maximum Gasteiger partial charge on any atom is 0.165 e. The zero-order chi connectivity index (χ0) is 10.8. The van der Waals surface area contributed by atoms with Gasteiger partial charge in [-0.2, -0.15) is 0 Å². The topological polar surface area (TPSA) is 117 Å². The summed E-state index contributed by atoms with van der Waals surface area (Å²) in [4.78, 5) is 12.0. The Morgan fingerprint density at radius 3 is 2.20 bits per heavy atom. The van der Waals surface area contributed by atoms with E-state index in [2.05, 4.69) is 15.0 Å². The summed E-state index contributed by atoms with van der Waals surface area (Å²) in [6, 6.07) is 3.60. The van der Waals surface area contributed by atoms with Gasteiger partial charge >= 0.3 is 0 Å². The Balaban J connectivity index is 2.56. The van der Waals surface area contributed by atoms with Gasteiger partial charge < -0.3 is 17.2 Å². The van der Waals surface area contributed by atoms with Gasteiger partial charge in [0.1, 0.15) is 5.69 Å². The van der Waals surface area contributed by atoms with Crippen molar-refractivity contribution in [3.8, 4) is 11.4 Å². The van der Waals surface area contributed by atoms with Gasteiger partial charge in [0.05, 0.1) is 0 Å². The quantitative estimate of drug-likeness (QED) is 0.611. The third kappa shape index (κ3) is 1.64. The Bertz CT molecular complexity index is 458. The third-order valence-electron chi connectivity index (χ3n) is 1.92. The summed E-state index contributed by atoms with van der Waals surface area (Å²) in [7, 11) is 0. The fourth-order valence-corrected chi connectivity index (χ4v) is 1.13. The molecule has 6 N–H and O–H groups in total. The number of anilines is 3. The van der Waals surface area contributed by atoms with E-state index in [1.165, 1.54) is 0 Å². The minimum Gasteiger partial charge on any atom is -0.393 e. The number of nitrogens with zero attached hydrogens (tertiary/aromatic N) is 3. The lowest BCUT2D eigenvalue weighted by atomic mass is 10.2. The smallest absolute Gasteiger partial charge is 0.165 e. The first kappa shape index (κ1) is 9.20. The number of rotatable bonds is 1. The van der Waals surface area contributed by atoms with Crippen LogP contribution in [0.4, 0.5) is 17.3 Å². The van der Waals surface area contributed by atoms with Crippen LogP contribution < -0.4 is 17.2 Å². The molecular weight excluding hydrogens is 192 g/mol. The van der Waals surface area contributed by atoms with Crippen molar-refractivity contribution in [2.24, 2.45) is 0 Å². The van der Waals surface area contributed by atoms with Crippen LogP contribution in [0.25, 0.3) is 11.4 Å². The van der Waals surface area contributed by atoms with Crippen molar-refractivity contribution in [1.82, 2.24) is 15.0 Å². The van der Waals surface area contributed by atoms with E-state index in [4.69, 9.17) is 17.2 Å². The van der Waals surface area contributed by atoms with Crippen LogP contribution in [0.5, 0.6) is 0 Å². The van der Waals surface area contributed by atoms with Crippen molar-refractivity contribution in [3.63, 3.8) is 0 Å². The number of hydrogen-bond acceptors (Lipinski definition) is 6. The highest BCUT2D eigenvalue weighted by atomic mass is 15.0. The molecular formula is C9H10N6. The Hall–Kier alpha value is -2.37. The molecule has 2 rings (SSSR count). The predicted molar refractivity (Wildman–Crippen MR) is 58.5 cm³/mol. The fraction of sp³-hybridized carbons (Fsp3) is 0. The summed E-state index contributed by atoms with van der Waals surface area (Å²) < 4.78 is 0. The second kappa shape index (κ2) is 3.41. The van der Waals surface area contributed by atoms with Gasteiger partial charge in [0.15, 0.2) is 17.5 Å². The van der Waals surface area contributed by atoms with E-state index < -0.39 is 0 Å². The number of pyridine rings is 1. The van der Waals surface area contributed by atoms with Crippen LogP contribution in [0.2, 0.25) is 0 Å². The lowest BCUT2D eigenvalue weighted by Crippen LogP contribution is -2.06. The molecule has 2 aromatic rings. The SMILES string of the molecule is Nc1nc(-c2cccnc2)nc(N)c1N. The number of nitrogen functional groups attached to an aromatic ring is 3. The van der Waals surface area contributed by atoms with E-state index in [1.54, 1.807) is 18.5 Å². The Kier molecular flexibility index (Phi) is 2.09. The van der Waals surface area contributed by atoms with Crippen LogP contribution in [0, 0.1) is 0 Å². The Morgan fingerprint density at radius 2 is 1.67 bits per heavy atom. The zero-order valence-electron chi connectivity index (χ0n) is 7.88. The lowest BCUT2D eigenvalue weighted by Gasteiger charge is -2.05. The van der Waals surface area contributed by atoms with Crippen LogP contribution in [0.1, 0.15) is 0 Å². The molecule has 15 heavy (non-hydrogen) atoms. The molecule has 6 heteroatoms. The monoisotopic (exact) mass is 202 g/mol. The first-order valence-corrected chi connectivity index (χ1v) is 4.27. The van der Waals surface area contributed by atoms with Crippen LogP contribution in [-0.2, 0) is 0 Å². The highest BCUT2D eigenvalue weighted by Gasteiger charge is 2.07. The van der Waals surface area contributed by atoms with Crippen LogP contribution in [0.15, 0.2) is 24.5 Å². The summed E-state index contributed by atoms with van der Waals surface area (Å²) in [5.41, 5.74) is 17.7. The van der Waals surface area contributed by atoms with Gasteiger partial charge in [-0.25, -0.2) is 9.97 Å². The van der Waals surface area contributed by atoms with Crippen LogP contribution in [-0.4, -0.2) is 15.0 Å². The standard InChI is InChI=1S/C9H10N6/c10-6-7(11)14-9(15-8(6)12)5-2-1-3-13-4-5/h1-4H,10H2,(H4,11,12,14,15). The minimum atomic E-state index is 0.182. The molecule has 0 fully saturated rings. The second-order valence-electron chi connectivity index (χ2n) is 2.97. The first-order valence-electron chi connectivity index (χ1n) is 4.27.